The molecule has 0 aromatic carbocycles. The summed E-state index contributed by atoms with van der Waals surface area (Å²) in [7, 11) is 0. The number of nitrogens with one attached hydrogen (secondary N) is 1. The second-order valence-corrected chi connectivity index (χ2v) is 6.27. The molecule has 1 atom stereocenters. The van der Waals surface area contributed by atoms with E-state index >= 15 is 0 Å². The Morgan fingerprint density at radius 1 is 0.529 bits per heavy atom. The molecular formula is C16H31N. The Bertz CT molecular complexity index is 172. The monoisotopic (exact) mass is 237 g/mol. The fourth-order valence-corrected chi connectivity index (χ4v) is 3.75. The van der Waals surface area contributed by atoms with Gasteiger partial charge < -0.3 is 5.32 Å². The van der Waals surface area contributed by atoms with Crippen LogP contribution in [-0.4, -0.2) is 13.1 Å². The second kappa shape index (κ2) is 8.13. The molecule has 1 N–H and O–H groups in total. The molecule has 0 spiro atoms. The topological polar surface area (TPSA) is 12.0 Å². The van der Waals surface area contributed by atoms with Gasteiger partial charge in [-0.3, -0.25) is 0 Å². The van der Waals surface area contributed by atoms with Crippen LogP contribution in [0.2, 0.25) is 0 Å². The van der Waals surface area contributed by atoms with E-state index in [1.807, 2.05) is 0 Å². The van der Waals surface area contributed by atoms with Gasteiger partial charge in [0.1, 0.15) is 0 Å². The Kier molecular flexibility index (Phi) is 6.41. The van der Waals surface area contributed by atoms with Gasteiger partial charge in [-0.1, -0.05) is 70.6 Å². The molecule has 1 unspecified atom stereocenters. The third kappa shape index (κ3) is 4.99. The smallest absolute Gasteiger partial charge is 0.00174 e. The molecule has 2 rings (SSSR count). The fraction of sp³-hybridized carbons (Fsp3) is 1.00. The van der Waals surface area contributed by atoms with Crippen molar-refractivity contribution in [3.63, 3.8) is 0 Å². The van der Waals surface area contributed by atoms with Gasteiger partial charge in [-0.15, -0.1) is 0 Å². The van der Waals surface area contributed by atoms with Gasteiger partial charge >= 0.3 is 0 Å². The van der Waals surface area contributed by atoms with E-state index < -0.39 is 0 Å². The van der Waals surface area contributed by atoms with Gasteiger partial charge in [0.15, 0.2) is 0 Å². The average molecular weight is 237 g/mol. The maximum absolute atomic E-state index is 3.56. The van der Waals surface area contributed by atoms with Gasteiger partial charge in [-0.2, -0.15) is 0 Å². The standard InChI is InChI=1S/C16H31N/c1-2-4-6-8-10-15(11-9-7-5-3-1)16-12-13-17-14-16/h15-17H,1-14H2. The maximum Gasteiger partial charge on any atom is -0.00174 e. The van der Waals surface area contributed by atoms with E-state index in [1.54, 1.807) is 0 Å². The van der Waals surface area contributed by atoms with Crippen molar-refractivity contribution in [2.24, 2.45) is 11.8 Å². The molecule has 1 heterocycles. The summed E-state index contributed by atoms with van der Waals surface area (Å²) in [6.07, 6.45) is 18.0. The van der Waals surface area contributed by atoms with Crippen LogP contribution in [0.15, 0.2) is 0 Å². The summed E-state index contributed by atoms with van der Waals surface area (Å²) in [6, 6.07) is 0. The van der Waals surface area contributed by atoms with Gasteiger partial charge in [0.05, 0.1) is 0 Å². The van der Waals surface area contributed by atoms with Crippen molar-refractivity contribution in [2.75, 3.05) is 13.1 Å². The molecular weight excluding hydrogens is 206 g/mol. The molecule has 1 heteroatoms. The Morgan fingerprint density at radius 2 is 1.06 bits per heavy atom. The van der Waals surface area contributed by atoms with E-state index in [0.717, 1.165) is 11.8 Å². The molecule has 1 saturated carbocycles. The molecule has 100 valence electrons. The van der Waals surface area contributed by atoms with E-state index in [9.17, 15) is 0 Å². The first-order chi connectivity index (χ1) is 8.47. The van der Waals surface area contributed by atoms with Crippen molar-refractivity contribution in [1.82, 2.24) is 5.32 Å². The highest BCUT2D eigenvalue weighted by atomic mass is 14.9. The largest absolute Gasteiger partial charge is 0.316 e. The van der Waals surface area contributed by atoms with E-state index in [2.05, 4.69) is 5.32 Å². The van der Waals surface area contributed by atoms with Crippen molar-refractivity contribution in [2.45, 2.75) is 77.0 Å². The van der Waals surface area contributed by atoms with E-state index in [0.29, 0.717) is 0 Å². The molecule has 17 heavy (non-hydrogen) atoms. The van der Waals surface area contributed by atoms with Gasteiger partial charge in [0.25, 0.3) is 0 Å². The molecule has 0 radical (unpaired) electrons. The van der Waals surface area contributed by atoms with E-state index in [-0.39, 0.29) is 0 Å². The summed E-state index contributed by atoms with van der Waals surface area (Å²) in [5.41, 5.74) is 0. The first-order valence-corrected chi connectivity index (χ1v) is 8.17. The van der Waals surface area contributed by atoms with Crippen molar-refractivity contribution >= 4 is 0 Å². The molecule has 0 amide bonds. The Hall–Kier alpha value is -0.0400. The lowest BCUT2D eigenvalue weighted by Crippen LogP contribution is -2.18. The van der Waals surface area contributed by atoms with Crippen molar-refractivity contribution in [1.29, 1.82) is 0 Å². The van der Waals surface area contributed by atoms with Crippen molar-refractivity contribution < 1.29 is 0 Å². The zero-order valence-corrected chi connectivity index (χ0v) is 11.6. The highest BCUT2D eigenvalue weighted by Gasteiger charge is 2.23. The summed E-state index contributed by atoms with van der Waals surface area (Å²) in [5.74, 6) is 2.06. The van der Waals surface area contributed by atoms with Crippen LogP contribution in [0.1, 0.15) is 77.0 Å². The maximum atomic E-state index is 3.56. The van der Waals surface area contributed by atoms with E-state index in [1.165, 1.54) is 90.1 Å². The minimum absolute atomic E-state index is 1.01. The molecule has 0 aromatic heterocycles. The Morgan fingerprint density at radius 3 is 1.53 bits per heavy atom. The third-order valence-electron chi connectivity index (χ3n) is 4.91. The van der Waals surface area contributed by atoms with Gasteiger partial charge in [-0.05, 0) is 31.3 Å². The zero-order valence-electron chi connectivity index (χ0n) is 11.6. The van der Waals surface area contributed by atoms with Gasteiger partial charge in [-0.25, -0.2) is 0 Å². The van der Waals surface area contributed by atoms with Crippen LogP contribution >= 0.6 is 0 Å². The SMILES string of the molecule is C1CCCCCC(C2CCNC2)CCCCC1. The van der Waals surface area contributed by atoms with Crippen molar-refractivity contribution in [3.8, 4) is 0 Å². The normalized spacial score (nSPS) is 30.7. The van der Waals surface area contributed by atoms with Crippen LogP contribution in [0.25, 0.3) is 0 Å². The lowest BCUT2D eigenvalue weighted by Gasteiger charge is -2.23. The highest BCUT2D eigenvalue weighted by molar-refractivity contribution is 4.78. The predicted molar refractivity (Wildman–Crippen MR) is 75.3 cm³/mol. The average Bonchev–Trinajstić information content (AvgIpc) is 2.83. The third-order valence-corrected chi connectivity index (χ3v) is 4.91. The molecule has 2 aliphatic rings. The molecule has 2 fully saturated rings. The van der Waals surface area contributed by atoms with E-state index in [4.69, 9.17) is 0 Å². The van der Waals surface area contributed by atoms with Crippen molar-refractivity contribution in [3.05, 3.63) is 0 Å². The predicted octanol–water partition coefficient (Wildman–Crippen LogP) is 4.52. The van der Waals surface area contributed by atoms with Crippen LogP contribution < -0.4 is 5.32 Å². The van der Waals surface area contributed by atoms with Gasteiger partial charge in [0, 0.05) is 0 Å². The van der Waals surface area contributed by atoms with Crippen LogP contribution in [0, 0.1) is 11.8 Å². The molecule has 1 nitrogen and oxygen atoms in total. The number of hydrogen-bond donors (Lipinski definition) is 1. The minimum Gasteiger partial charge on any atom is -0.316 e. The number of hydrogen-bond acceptors (Lipinski definition) is 1. The van der Waals surface area contributed by atoms with Gasteiger partial charge in [0.2, 0.25) is 0 Å². The first-order valence-electron chi connectivity index (χ1n) is 8.17. The quantitative estimate of drug-likeness (QED) is 0.707. The second-order valence-electron chi connectivity index (χ2n) is 6.27. The molecule has 0 bridgehead atoms. The molecule has 1 aliphatic carbocycles. The summed E-state index contributed by atoms with van der Waals surface area (Å²) in [4.78, 5) is 0. The lowest BCUT2D eigenvalue weighted by molar-refractivity contribution is 0.291. The molecule has 1 aliphatic heterocycles. The summed E-state index contributed by atoms with van der Waals surface area (Å²) in [6.45, 7) is 2.59. The highest BCUT2D eigenvalue weighted by Crippen LogP contribution is 2.30. The van der Waals surface area contributed by atoms with Crippen LogP contribution in [0.4, 0.5) is 0 Å². The molecule has 0 aromatic rings. The first kappa shape index (κ1) is 13.4. The summed E-state index contributed by atoms with van der Waals surface area (Å²) in [5, 5.41) is 3.56. The van der Waals surface area contributed by atoms with Crippen LogP contribution in [0.3, 0.4) is 0 Å². The summed E-state index contributed by atoms with van der Waals surface area (Å²) < 4.78 is 0. The molecule has 1 saturated heterocycles. The zero-order chi connectivity index (χ0) is 11.8. The summed E-state index contributed by atoms with van der Waals surface area (Å²) >= 11 is 0. The Balaban J connectivity index is 1.75. The van der Waals surface area contributed by atoms with Crippen LogP contribution in [0.5, 0.6) is 0 Å². The minimum atomic E-state index is 1.01. The lowest BCUT2D eigenvalue weighted by atomic mass is 9.82. The fourth-order valence-electron chi connectivity index (χ4n) is 3.75. The Labute approximate surface area is 108 Å². The number of rotatable bonds is 1. The van der Waals surface area contributed by atoms with Crippen LogP contribution in [-0.2, 0) is 0 Å².